The Morgan fingerprint density at radius 1 is 1.17 bits per heavy atom. The van der Waals surface area contributed by atoms with Gasteiger partial charge in [0.05, 0.1) is 12.1 Å². The zero-order chi connectivity index (χ0) is 16.5. The van der Waals surface area contributed by atoms with Crippen LogP contribution in [0.1, 0.15) is 5.56 Å². The molecule has 0 unspecified atom stereocenters. The maximum absolute atomic E-state index is 12.3. The zero-order valence-corrected chi connectivity index (χ0v) is 12.9. The van der Waals surface area contributed by atoms with Gasteiger partial charge >= 0.3 is 5.69 Å². The van der Waals surface area contributed by atoms with Gasteiger partial charge in [-0.2, -0.15) is 4.98 Å². The molecule has 122 valence electrons. The van der Waals surface area contributed by atoms with E-state index in [1.165, 1.54) is 0 Å². The number of imidazole rings is 1. The van der Waals surface area contributed by atoms with E-state index in [1.54, 1.807) is 10.6 Å². The molecule has 0 spiro atoms. The Hall–Kier alpha value is -3.22. The third-order valence-electron chi connectivity index (χ3n) is 3.85. The fourth-order valence-corrected chi connectivity index (χ4v) is 2.71. The summed E-state index contributed by atoms with van der Waals surface area (Å²) in [5, 5.41) is 0. The van der Waals surface area contributed by atoms with Crippen LogP contribution in [0.5, 0.6) is 11.6 Å². The Morgan fingerprint density at radius 2 is 2.00 bits per heavy atom. The number of rotatable bonds is 0. The SMILES string of the molecule is Nc1nc2cc3c1[nH]c(=O)n3Cc1cccc(c1)OCC=CCO2. The fraction of sp³-hybridized carbons (Fsp3) is 0.176. The maximum Gasteiger partial charge on any atom is 0.326 e. The Bertz CT molecular complexity index is 987. The summed E-state index contributed by atoms with van der Waals surface area (Å²) in [6.07, 6.45) is 3.73. The Morgan fingerprint density at radius 3 is 2.88 bits per heavy atom. The van der Waals surface area contributed by atoms with E-state index < -0.39 is 0 Å². The molecule has 7 nitrogen and oxygen atoms in total. The first kappa shape index (κ1) is 14.4. The van der Waals surface area contributed by atoms with E-state index in [9.17, 15) is 4.79 Å². The number of hydrogen-bond acceptors (Lipinski definition) is 5. The summed E-state index contributed by atoms with van der Waals surface area (Å²) in [7, 11) is 0. The molecular weight excluding hydrogens is 308 g/mol. The molecule has 0 fully saturated rings. The third kappa shape index (κ3) is 2.60. The lowest BCUT2D eigenvalue weighted by molar-refractivity contribution is 0.342. The lowest BCUT2D eigenvalue weighted by Gasteiger charge is -2.10. The van der Waals surface area contributed by atoms with E-state index in [4.69, 9.17) is 15.2 Å². The molecule has 3 aromatic rings. The van der Waals surface area contributed by atoms with Gasteiger partial charge in [0.15, 0.2) is 5.82 Å². The molecule has 0 amide bonds. The molecule has 0 atom stereocenters. The number of H-pyrrole nitrogens is 1. The summed E-state index contributed by atoms with van der Waals surface area (Å²) in [6.45, 7) is 1.18. The standard InChI is InChI=1S/C17H16N4O3/c18-16-15-13-9-14(19-16)24-7-2-1-6-23-12-5-3-4-11(8-12)10-21(13)17(22)20-15/h1-5,8-9H,6-7,10H2,(H2,18,19)(H,20,22). The number of ether oxygens (including phenoxy) is 2. The molecule has 1 aliphatic heterocycles. The molecule has 1 aliphatic rings. The molecule has 7 heteroatoms. The molecule has 3 N–H and O–H groups in total. The van der Waals surface area contributed by atoms with Gasteiger partial charge in [0, 0.05) is 6.07 Å². The summed E-state index contributed by atoms with van der Waals surface area (Å²) >= 11 is 0. The van der Waals surface area contributed by atoms with Gasteiger partial charge < -0.3 is 20.2 Å². The molecular formula is C17H16N4O3. The van der Waals surface area contributed by atoms with Crippen molar-refractivity contribution < 1.29 is 9.47 Å². The normalized spacial score (nSPS) is 14.2. The van der Waals surface area contributed by atoms with Gasteiger partial charge in [-0.3, -0.25) is 4.57 Å². The van der Waals surface area contributed by atoms with Gasteiger partial charge in [0.25, 0.3) is 0 Å². The third-order valence-corrected chi connectivity index (χ3v) is 3.85. The summed E-state index contributed by atoms with van der Waals surface area (Å²) in [6, 6.07) is 9.39. The highest BCUT2D eigenvalue weighted by atomic mass is 16.5. The minimum atomic E-state index is -0.242. The molecule has 4 bridgehead atoms. The number of benzene rings is 1. The van der Waals surface area contributed by atoms with Crippen LogP contribution in [0.25, 0.3) is 11.0 Å². The predicted octanol–water partition coefficient (Wildman–Crippen LogP) is 1.68. The van der Waals surface area contributed by atoms with Gasteiger partial charge in [-0.15, -0.1) is 0 Å². The van der Waals surface area contributed by atoms with Crippen LogP contribution in [0, 0.1) is 0 Å². The van der Waals surface area contributed by atoms with Crippen LogP contribution in [0.15, 0.2) is 47.3 Å². The second-order valence-electron chi connectivity index (χ2n) is 5.50. The van der Waals surface area contributed by atoms with Gasteiger partial charge in [-0.1, -0.05) is 12.1 Å². The van der Waals surface area contributed by atoms with Crippen LogP contribution in [-0.4, -0.2) is 27.7 Å². The maximum atomic E-state index is 12.3. The smallest absolute Gasteiger partial charge is 0.326 e. The average Bonchev–Trinajstić information content (AvgIpc) is 2.88. The van der Waals surface area contributed by atoms with Gasteiger partial charge in [0.2, 0.25) is 5.88 Å². The summed E-state index contributed by atoms with van der Waals surface area (Å²) < 4.78 is 12.9. The number of pyridine rings is 1. The van der Waals surface area contributed by atoms with Crippen molar-refractivity contribution in [1.82, 2.24) is 14.5 Å². The molecule has 2 aromatic heterocycles. The van der Waals surface area contributed by atoms with E-state index in [1.807, 2.05) is 36.4 Å². The molecule has 0 saturated carbocycles. The second-order valence-corrected chi connectivity index (χ2v) is 5.50. The largest absolute Gasteiger partial charge is 0.490 e. The molecule has 0 aliphatic carbocycles. The highest BCUT2D eigenvalue weighted by Gasteiger charge is 2.13. The van der Waals surface area contributed by atoms with Crippen molar-refractivity contribution in [2.75, 3.05) is 18.9 Å². The topological polar surface area (TPSA) is 95.2 Å². The quantitative estimate of drug-likeness (QED) is 0.614. The van der Waals surface area contributed by atoms with Crippen molar-refractivity contribution >= 4 is 16.9 Å². The summed E-state index contributed by atoms with van der Waals surface area (Å²) in [4.78, 5) is 19.3. The van der Waals surface area contributed by atoms with Crippen LogP contribution < -0.4 is 20.9 Å². The Kier molecular flexibility index (Phi) is 3.45. The second kappa shape index (κ2) is 5.77. The van der Waals surface area contributed by atoms with Crippen molar-refractivity contribution in [3.05, 3.63) is 58.5 Å². The number of aromatic amines is 1. The van der Waals surface area contributed by atoms with Crippen molar-refractivity contribution in [3.63, 3.8) is 0 Å². The van der Waals surface area contributed by atoms with Gasteiger partial charge in [0.1, 0.15) is 24.5 Å². The average molecular weight is 324 g/mol. The minimum absolute atomic E-state index is 0.242. The van der Waals surface area contributed by atoms with Crippen molar-refractivity contribution in [3.8, 4) is 11.6 Å². The Labute approximate surface area is 137 Å². The lowest BCUT2D eigenvalue weighted by atomic mass is 10.2. The summed E-state index contributed by atoms with van der Waals surface area (Å²) in [5.74, 6) is 1.38. The zero-order valence-electron chi connectivity index (χ0n) is 12.9. The van der Waals surface area contributed by atoms with Crippen molar-refractivity contribution in [2.45, 2.75) is 6.54 Å². The monoisotopic (exact) mass is 324 g/mol. The molecule has 24 heavy (non-hydrogen) atoms. The first-order valence-electron chi connectivity index (χ1n) is 7.59. The van der Waals surface area contributed by atoms with E-state index in [0.717, 1.165) is 11.3 Å². The number of nitrogens with zero attached hydrogens (tertiary/aromatic N) is 2. The van der Waals surface area contributed by atoms with E-state index in [2.05, 4.69) is 9.97 Å². The van der Waals surface area contributed by atoms with E-state index in [0.29, 0.717) is 36.7 Å². The predicted molar refractivity (Wildman–Crippen MR) is 90.4 cm³/mol. The number of nitrogens with one attached hydrogen (secondary N) is 1. The number of anilines is 1. The Balaban J connectivity index is 1.89. The van der Waals surface area contributed by atoms with Crippen LogP contribution in [-0.2, 0) is 6.54 Å². The molecule has 4 rings (SSSR count). The van der Waals surface area contributed by atoms with Gasteiger partial charge in [-0.05, 0) is 29.8 Å². The van der Waals surface area contributed by atoms with Crippen LogP contribution in [0.2, 0.25) is 0 Å². The number of nitrogen functional groups attached to an aromatic ring is 1. The van der Waals surface area contributed by atoms with Gasteiger partial charge in [-0.25, -0.2) is 4.79 Å². The minimum Gasteiger partial charge on any atom is -0.490 e. The summed E-state index contributed by atoms with van der Waals surface area (Å²) in [5.41, 5.74) is 7.85. The highest BCUT2D eigenvalue weighted by molar-refractivity contribution is 5.85. The van der Waals surface area contributed by atoms with Crippen LogP contribution >= 0.6 is 0 Å². The number of fused-ring (bicyclic) bond motifs is 3. The molecule has 1 aromatic carbocycles. The van der Waals surface area contributed by atoms with Crippen LogP contribution in [0.4, 0.5) is 5.82 Å². The van der Waals surface area contributed by atoms with E-state index >= 15 is 0 Å². The number of aromatic nitrogens is 3. The first-order valence-corrected chi connectivity index (χ1v) is 7.59. The molecule has 0 radical (unpaired) electrons. The number of hydrogen-bond donors (Lipinski definition) is 2. The lowest BCUT2D eigenvalue weighted by Crippen LogP contribution is -2.17. The number of nitrogens with two attached hydrogens (primary N) is 1. The molecule has 0 saturated heterocycles. The van der Waals surface area contributed by atoms with Crippen molar-refractivity contribution in [2.24, 2.45) is 0 Å². The first-order chi connectivity index (χ1) is 11.7. The van der Waals surface area contributed by atoms with Crippen LogP contribution in [0.3, 0.4) is 0 Å². The highest BCUT2D eigenvalue weighted by Crippen LogP contribution is 2.23. The molecule has 3 heterocycles. The fourth-order valence-electron chi connectivity index (χ4n) is 2.71. The van der Waals surface area contributed by atoms with Crippen molar-refractivity contribution in [1.29, 1.82) is 0 Å². The van der Waals surface area contributed by atoms with E-state index in [-0.39, 0.29) is 11.5 Å².